The Bertz CT molecular complexity index is 689. The number of hydrogen-bond acceptors (Lipinski definition) is 2. The summed E-state index contributed by atoms with van der Waals surface area (Å²) in [7, 11) is 0. The number of para-hydroxylation sites is 1. The fraction of sp³-hybridized carbons (Fsp3) is 0.188. The lowest BCUT2D eigenvalue weighted by Gasteiger charge is -2.13. The van der Waals surface area contributed by atoms with Crippen LogP contribution in [-0.2, 0) is 17.8 Å². The van der Waals surface area contributed by atoms with E-state index in [9.17, 15) is 18.0 Å². The first-order chi connectivity index (χ1) is 10.8. The Morgan fingerprint density at radius 1 is 1.04 bits per heavy atom. The summed E-state index contributed by atoms with van der Waals surface area (Å²) in [5, 5.41) is 3.02. The van der Waals surface area contributed by atoms with Crippen molar-refractivity contribution in [3.05, 3.63) is 64.7 Å². The molecule has 0 bridgehead atoms. The summed E-state index contributed by atoms with van der Waals surface area (Å²) in [5.74, 6) is -0.682. The summed E-state index contributed by atoms with van der Waals surface area (Å²) in [4.78, 5) is 11.9. The van der Waals surface area contributed by atoms with Gasteiger partial charge in [0.25, 0.3) is 0 Å². The maximum absolute atomic E-state index is 12.3. The molecule has 0 saturated heterocycles. The number of hydrogen-bond donors (Lipinski definition) is 1. The number of benzene rings is 2. The molecule has 0 spiro atoms. The molecule has 2 aromatic rings. The molecule has 0 aliphatic heterocycles. The summed E-state index contributed by atoms with van der Waals surface area (Å²) in [6.07, 6.45) is -4.74. The predicted molar refractivity (Wildman–Crippen MR) is 80.1 cm³/mol. The third-order valence-electron chi connectivity index (χ3n) is 2.98. The van der Waals surface area contributed by atoms with Crippen molar-refractivity contribution in [2.75, 3.05) is 0 Å². The van der Waals surface area contributed by atoms with Crippen LogP contribution in [0.2, 0.25) is 5.02 Å². The number of halogens is 4. The number of nitrogens with one attached hydrogen (secondary N) is 1. The SMILES string of the molecule is O=C(Cc1ccccc1Cl)NCc1ccccc1OC(F)(F)F. The maximum Gasteiger partial charge on any atom is 0.573 e. The van der Waals surface area contributed by atoms with Crippen molar-refractivity contribution in [1.29, 1.82) is 0 Å². The van der Waals surface area contributed by atoms with E-state index in [1.165, 1.54) is 18.2 Å². The number of amides is 1. The largest absolute Gasteiger partial charge is 0.573 e. The second kappa shape index (κ2) is 7.37. The molecule has 1 N–H and O–H groups in total. The zero-order valence-electron chi connectivity index (χ0n) is 11.9. The van der Waals surface area contributed by atoms with Gasteiger partial charge in [-0.3, -0.25) is 4.79 Å². The zero-order valence-corrected chi connectivity index (χ0v) is 12.6. The fourth-order valence-corrected chi connectivity index (χ4v) is 2.15. The normalized spacial score (nSPS) is 11.1. The highest BCUT2D eigenvalue weighted by Gasteiger charge is 2.31. The van der Waals surface area contributed by atoms with E-state index in [2.05, 4.69) is 10.1 Å². The van der Waals surface area contributed by atoms with Crippen LogP contribution in [0.15, 0.2) is 48.5 Å². The van der Waals surface area contributed by atoms with Crippen LogP contribution in [-0.4, -0.2) is 12.3 Å². The molecular formula is C16H13ClF3NO2. The topological polar surface area (TPSA) is 38.3 Å². The van der Waals surface area contributed by atoms with E-state index in [0.29, 0.717) is 10.6 Å². The Kier molecular flexibility index (Phi) is 5.50. The summed E-state index contributed by atoms with van der Waals surface area (Å²) in [6.45, 7) is -0.0739. The van der Waals surface area contributed by atoms with Gasteiger partial charge in [-0.1, -0.05) is 48.0 Å². The number of ether oxygens (including phenoxy) is 1. The van der Waals surface area contributed by atoms with Gasteiger partial charge in [-0.2, -0.15) is 0 Å². The molecule has 0 saturated carbocycles. The molecule has 2 aromatic carbocycles. The van der Waals surface area contributed by atoms with Crippen molar-refractivity contribution in [2.45, 2.75) is 19.3 Å². The minimum Gasteiger partial charge on any atom is -0.405 e. The molecule has 0 heterocycles. The monoisotopic (exact) mass is 343 g/mol. The van der Waals surface area contributed by atoms with Crippen molar-refractivity contribution in [3.8, 4) is 5.75 Å². The standard InChI is InChI=1S/C16H13ClF3NO2/c17-13-7-3-1-5-11(13)9-15(22)21-10-12-6-2-4-8-14(12)23-16(18,19)20/h1-8H,9-10H2,(H,21,22). The van der Waals surface area contributed by atoms with Gasteiger partial charge in [-0.25, -0.2) is 0 Å². The molecule has 0 fully saturated rings. The second-order valence-electron chi connectivity index (χ2n) is 4.70. The van der Waals surface area contributed by atoms with E-state index in [0.717, 1.165) is 0 Å². The second-order valence-corrected chi connectivity index (χ2v) is 5.11. The number of carbonyl (C=O) groups is 1. The van der Waals surface area contributed by atoms with Gasteiger partial charge >= 0.3 is 6.36 Å². The number of rotatable bonds is 5. The van der Waals surface area contributed by atoms with Gasteiger partial charge in [-0.15, -0.1) is 13.2 Å². The molecule has 0 atom stereocenters. The smallest absolute Gasteiger partial charge is 0.405 e. The molecule has 0 radical (unpaired) electrons. The molecule has 0 aliphatic carbocycles. The lowest BCUT2D eigenvalue weighted by atomic mass is 10.1. The third kappa shape index (κ3) is 5.49. The van der Waals surface area contributed by atoms with Crippen LogP contribution in [0.3, 0.4) is 0 Å². The van der Waals surface area contributed by atoms with Crippen LogP contribution >= 0.6 is 11.6 Å². The molecule has 23 heavy (non-hydrogen) atoms. The first-order valence-electron chi connectivity index (χ1n) is 6.69. The zero-order chi connectivity index (χ0) is 16.9. The van der Waals surface area contributed by atoms with E-state index < -0.39 is 6.36 Å². The van der Waals surface area contributed by atoms with Gasteiger partial charge in [0.05, 0.1) is 6.42 Å². The first kappa shape index (κ1) is 17.1. The van der Waals surface area contributed by atoms with Gasteiger partial charge in [0, 0.05) is 17.1 Å². The summed E-state index contributed by atoms with van der Waals surface area (Å²) in [6, 6.07) is 12.5. The highest BCUT2D eigenvalue weighted by molar-refractivity contribution is 6.31. The first-order valence-corrected chi connectivity index (χ1v) is 7.07. The van der Waals surface area contributed by atoms with Gasteiger partial charge in [0.2, 0.25) is 5.91 Å². The molecule has 0 aliphatic rings. The highest BCUT2D eigenvalue weighted by Crippen LogP contribution is 2.26. The molecule has 2 rings (SSSR count). The maximum atomic E-state index is 12.3. The lowest BCUT2D eigenvalue weighted by Crippen LogP contribution is -2.25. The van der Waals surface area contributed by atoms with E-state index in [4.69, 9.17) is 11.6 Å². The van der Waals surface area contributed by atoms with E-state index >= 15 is 0 Å². The molecule has 0 aromatic heterocycles. The molecular weight excluding hydrogens is 331 g/mol. The van der Waals surface area contributed by atoms with Crippen LogP contribution < -0.4 is 10.1 Å². The molecule has 7 heteroatoms. The average Bonchev–Trinajstić information content (AvgIpc) is 2.47. The summed E-state index contributed by atoms with van der Waals surface area (Å²) < 4.78 is 40.9. The van der Waals surface area contributed by atoms with E-state index in [1.807, 2.05) is 0 Å². The van der Waals surface area contributed by atoms with Crippen molar-refractivity contribution in [2.24, 2.45) is 0 Å². The Hall–Kier alpha value is -2.21. The summed E-state index contributed by atoms with van der Waals surface area (Å²) >= 11 is 5.96. The van der Waals surface area contributed by atoms with Crippen LogP contribution in [0, 0.1) is 0 Å². The third-order valence-corrected chi connectivity index (χ3v) is 3.35. The predicted octanol–water partition coefficient (Wildman–Crippen LogP) is 4.10. The van der Waals surface area contributed by atoms with Gasteiger partial charge in [0.1, 0.15) is 5.75 Å². The van der Waals surface area contributed by atoms with Crippen molar-refractivity contribution < 1.29 is 22.7 Å². The number of carbonyl (C=O) groups excluding carboxylic acids is 1. The lowest BCUT2D eigenvalue weighted by molar-refractivity contribution is -0.274. The Morgan fingerprint density at radius 2 is 1.65 bits per heavy atom. The van der Waals surface area contributed by atoms with E-state index in [1.54, 1.807) is 30.3 Å². The van der Waals surface area contributed by atoms with Crippen molar-refractivity contribution in [1.82, 2.24) is 5.32 Å². The van der Waals surface area contributed by atoms with E-state index in [-0.39, 0.29) is 30.2 Å². The van der Waals surface area contributed by atoms with Crippen molar-refractivity contribution >= 4 is 17.5 Å². The van der Waals surface area contributed by atoms with Crippen LogP contribution in [0.5, 0.6) is 5.75 Å². The van der Waals surface area contributed by atoms with Gasteiger partial charge in [0.15, 0.2) is 0 Å². The highest BCUT2D eigenvalue weighted by atomic mass is 35.5. The fourth-order valence-electron chi connectivity index (χ4n) is 1.95. The van der Waals surface area contributed by atoms with Gasteiger partial charge < -0.3 is 10.1 Å². The van der Waals surface area contributed by atoms with Crippen LogP contribution in [0.25, 0.3) is 0 Å². The molecule has 1 amide bonds. The summed E-state index contributed by atoms with van der Waals surface area (Å²) in [5.41, 5.74) is 0.879. The molecule has 3 nitrogen and oxygen atoms in total. The minimum absolute atomic E-state index is 0.0436. The van der Waals surface area contributed by atoms with Crippen LogP contribution in [0.1, 0.15) is 11.1 Å². The van der Waals surface area contributed by atoms with Gasteiger partial charge in [-0.05, 0) is 17.7 Å². The quantitative estimate of drug-likeness (QED) is 0.887. The molecule has 0 unspecified atom stereocenters. The number of alkyl halides is 3. The molecule has 122 valence electrons. The Balaban J connectivity index is 1.98. The average molecular weight is 344 g/mol. The Labute approximate surface area is 136 Å². The minimum atomic E-state index is -4.78. The Morgan fingerprint density at radius 3 is 2.30 bits per heavy atom. The van der Waals surface area contributed by atoms with Crippen LogP contribution in [0.4, 0.5) is 13.2 Å². The van der Waals surface area contributed by atoms with Crippen molar-refractivity contribution in [3.63, 3.8) is 0 Å².